The second kappa shape index (κ2) is 9.57. The molecule has 1 saturated carbocycles. The normalized spacial score (nSPS) is 20.2. The Morgan fingerprint density at radius 2 is 1.93 bits per heavy atom. The molecule has 2 amide bonds. The van der Waals surface area contributed by atoms with E-state index in [1.165, 1.54) is 11.8 Å². The third-order valence-electron chi connectivity index (χ3n) is 8.55. The van der Waals surface area contributed by atoms with Crippen LogP contribution in [-0.4, -0.2) is 60.1 Å². The van der Waals surface area contributed by atoms with Gasteiger partial charge in [-0.25, -0.2) is 14.6 Å². The number of fused-ring (bicyclic) bond motifs is 5. The van der Waals surface area contributed by atoms with Gasteiger partial charge in [0, 0.05) is 38.3 Å². The van der Waals surface area contributed by atoms with Crippen LogP contribution in [0, 0.1) is 5.95 Å². The number of imidazole rings is 1. The molecule has 0 radical (unpaired) electrons. The first-order chi connectivity index (χ1) is 20.2. The Balaban J connectivity index is 1.55. The number of methoxy groups -OCH3 is 1. The number of benzene rings is 1. The molecule has 2 aliphatic heterocycles. The average Bonchev–Trinajstić information content (AvgIpc) is 3.70. The first kappa shape index (κ1) is 26.0. The molecule has 1 aliphatic carbocycles. The number of ether oxygens (including phenoxy) is 1. The Kier molecular flexibility index (Phi) is 5.92. The van der Waals surface area contributed by atoms with Crippen molar-refractivity contribution in [3.05, 3.63) is 58.7 Å². The van der Waals surface area contributed by atoms with Crippen molar-refractivity contribution in [3.8, 4) is 22.4 Å². The molecule has 3 aliphatic rings. The lowest BCUT2D eigenvalue weighted by molar-refractivity contribution is -0.121. The SMILES string of the molecule is COC(=O)N[C@H]1C[C@H]2C[C@H]1NC(=O)CCc1ccc(cc1)-c1c(-c3cn(C)nc3F)[nH]c3ncc4c(c13)n2c(=O)n4C. The van der Waals surface area contributed by atoms with E-state index in [0.29, 0.717) is 52.6 Å². The van der Waals surface area contributed by atoms with Gasteiger partial charge in [0.05, 0.1) is 53.1 Å². The highest BCUT2D eigenvalue weighted by Gasteiger charge is 2.39. The minimum Gasteiger partial charge on any atom is -0.453 e. The summed E-state index contributed by atoms with van der Waals surface area (Å²) in [5.41, 5.74) is 4.73. The van der Waals surface area contributed by atoms with Crippen LogP contribution in [0.4, 0.5) is 9.18 Å². The highest BCUT2D eigenvalue weighted by molar-refractivity contribution is 6.14. The zero-order valence-electron chi connectivity index (χ0n) is 23.3. The van der Waals surface area contributed by atoms with Crippen molar-refractivity contribution in [2.24, 2.45) is 14.1 Å². The molecule has 0 unspecified atom stereocenters. The number of nitrogens with one attached hydrogen (secondary N) is 3. The van der Waals surface area contributed by atoms with Gasteiger partial charge in [-0.1, -0.05) is 24.3 Å². The van der Waals surface area contributed by atoms with Crippen molar-refractivity contribution in [2.75, 3.05) is 7.11 Å². The molecule has 42 heavy (non-hydrogen) atoms. The first-order valence-electron chi connectivity index (χ1n) is 13.8. The van der Waals surface area contributed by atoms with E-state index in [0.717, 1.165) is 11.1 Å². The average molecular weight is 573 g/mol. The second-order valence-corrected chi connectivity index (χ2v) is 11.0. The minimum absolute atomic E-state index is 0.144. The molecule has 4 bridgehead atoms. The van der Waals surface area contributed by atoms with Crippen LogP contribution in [0.3, 0.4) is 0 Å². The van der Waals surface area contributed by atoms with Gasteiger partial charge in [-0.2, -0.15) is 4.39 Å². The summed E-state index contributed by atoms with van der Waals surface area (Å²) < 4.78 is 24.7. The predicted molar refractivity (Wildman–Crippen MR) is 152 cm³/mol. The molecule has 1 aromatic carbocycles. The molecule has 3 atom stereocenters. The summed E-state index contributed by atoms with van der Waals surface area (Å²) in [6, 6.07) is 6.54. The standard InChI is InChI=1S/C29H29FN8O4/c1-36-13-17(26(30)35-36)24-22-15-7-4-14(5-8-15)6-9-21(39)32-18-10-16(11-19(18)33-28(40)42-3)38-25-20(37(2)29(38)41)12-31-27(34-24)23(22)25/h4-5,7-8,12-13,16,18-19H,6,9-11H2,1-3H3,(H,31,34)(H,32,39)(H,33,40)/t16-,18-,19+/m1/s1. The third-order valence-corrected chi connectivity index (χ3v) is 8.55. The zero-order chi connectivity index (χ0) is 29.3. The molecule has 0 saturated heterocycles. The van der Waals surface area contributed by atoms with Crippen LogP contribution in [0.15, 0.2) is 41.5 Å². The number of aromatic amines is 1. The van der Waals surface area contributed by atoms with Gasteiger partial charge >= 0.3 is 11.8 Å². The quantitative estimate of drug-likeness (QED) is 0.297. The summed E-state index contributed by atoms with van der Waals surface area (Å²) >= 11 is 0. The Morgan fingerprint density at radius 1 is 1.14 bits per heavy atom. The van der Waals surface area contributed by atoms with Gasteiger partial charge in [0.1, 0.15) is 5.65 Å². The number of nitrogens with zero attached hydrogens (tertiary/aromatic N) is 5. The van der Waals surface area contributed by atoms with Crippen LogP contribution < -0.4 is 16.3 Å². The van der Waals surface area contributed by atoms with Gasteiger partial charge in [0.25, 0.3) is 0 Å². The number of aromatic nitrogens is 6. The number of hydrogen-bond donors (Lipinski definition) is 3. The molecule has 4 aromatic heterocycles. The van der Waals surface area contributed by atoms with Crippen molar-refractivity contribution in [1.82, 2.24) is 39.5 Å². The lowest BCUT2D eigenvalue weighted by Crippen LogP contribution is -2.48. The van der Waals surface area contributed by atoms with Crippen molar-refractivity contribution in [3.63, 3.8) is 0 Å². The van der Waals surface area contributed by atoms with E-state index in [2.05, 4.69) is 25.7 Å². The van der Waals surface area contributed by atoms with E-state index in [4.69, 9.17) is 4.74 Å². The Hall–Kier alpha value is -4.94. The fraction of sp³-hybridized carbons (Fsp3) is 0.345. The van der Waals surface area contributed by atoms with Crippen LogP contribution in [0.25, 0.3) is 44.5 Å². The zero-order valence-corrected chi connectivity index (χ0v) is 23.3. The van der Waals surface area contributed by atoms with Crippen molar-refractivity contribution >= 4 is 34.1 Å². The summed E-state index contributed by atoms with van der Waals surface area (Å²) in [6.45, 7) is 0. The van der Waals surface area contributed by atoms with Crippen LogP contribution in [0.1, 0.15) is 30.9 Å². The Labute approximate surface area is 238 Å². The molecule has 5 aromatic rings. The number of pyridine rings is 1. The molecular formula is C29H29FN8O4. The van der Waals surface area contributed by atoms with Crippen molar-refractivity contribution in [1.29, 1.82) is 0 Å². The number of aryl methyl sites for hydroxylation is 3. The van der Waals surface area contributed by atoms with E-state index in [-0.39, 0.29) is 29.6 Å². The van der Waals surface area contributed by atoms with Crippen molar-refractivity contribution in [2.45, 2.75) is 43.8 Å². The van der Waals surface area contributed by atoms with Crippen LogP contribution in [-0.2, 0) is 30.0 Å². The molecule has 8 rings (SSSR count). The van der Waals surface area contributed by atoms with E-state index in [1.807, 2.05) is 24.3 Å². The fourth-order valence-electron chi connectivity index (χ4n) is 6.56. The fourth-order valence-corrected chi connectivity index (χ4v) is 6.56. The number of alkyl carbamates (subject to hydrolysis) is 1. The third kappa shape index (κ3) is 3.98. The highest BCUT2D eigenvalue weighted by atomic mass is 19.1. The molecule has 12 nitrogen and oxygen atoms in total. The first-order valence-corrected chi connectivity index (χ1v) is 13.8. The summed E-state index contributed by atoms with van der Waals surface area (Å²) in [5.74, 6) is -0.775. The molecule has 0 spiro atoms. The molecular weight excluding hydrogens is 543 g/mol. The topological polar surface area (TPSA) is 141 Å². The number of halogens is 1. The summed E-state index contributed by atoms with van der Waals surface area (Å²) in [6.07, 6.45) is 4.21. The molecule has 3 N–H and O–H groups in total. The van der Waals surface area contributed by atoms with Crippen LogP contribution in [0.2, 0.25) is 0 Å². The van der Waals surface area contributed by atoms with Gasteiger partial charge in [-0.15, -0.1) is 5.10 Å². The van der Waals surface area contributed by atoms with E-state index < -0.39 is 24.1 Å². The number of carbonyl (C=O) groups excluding carboxylic acids is 2. The summed E-state index contributed by atoms with van der Waals surface area (Å²) in [5, 5.41) is 10.5. The highest BCUT2D eigenvalue weighted by Crippen LogP contribution is 2.43. The largest absolute Gasteiger partial charge is 0.453 e. The van der Waals surface area contributed by atoms with Gasteiger partial charge in [0.2, 0.25) is 11.9 Å². The van der Waals surface area contributed by atoms with Gasteiger partial charge < -0.3 is 20.4 Å². The molecule has 216 valence electrons. The van der Waals surface area contributed by atoms with E-state index in [1.54, 1.807) is 35.6 Å². The van der Waals surface area contributed by atoms with Crippen LogP contribution >= 0.6 is 0 Å². The number of hydrogen-bond acceptors (Lipinski definition) is 6. The molecule has 6 heterocycles. The van der Waals surface area contributed by atoms with Gasteiger partial charge in [-0.3, -0.25) is 18.6 Å². The molecule has 13 heteroatoms. The number of carbonyl (C=O) groups is 2. The smallest absolute Gasteiger partial charge is 0.407 e. The monoisotopic (exact) mass is 572 g/mol. The van der Waals surface area contributed by atoms with E-state index >= 15 is 4.39 Å². The number of amides is 2. The molecule has 1 fully saturated rings. The van der Waals surface area contributed by atoms with Crippen LogP contribution in [0.5, 0.6) is 0 Å². The summed E-state index contributed by atoms with van der Waals surface area (Å²) in [7, 11) is 4.63. The number of rotatable bonds is 2. The summed E-state index contributed by atoms with van der Waals surface area (Å²) in [4.78, 5) is 47.1. The lowest BCUT2D eigenvalue weighted by Gasteiger charge is -2.21. The maximum atomic E-state index is 15.1. The Morgan fingerprint density at radius 3 is 2.64 bits per heavy atom. The second-order valence-electron chi connectivity index (χ2n) is 11.0. The van der Waals surface area contributed by atoms with Gasteiger partial charge in [0.15, 0.2) is 0 Å². The lowest BCUT2D eigenvalue weighted by atomic mass is 9.97. The minimum atomic E-state index is -0.630. The van der Waals surface area contributed by atoms with E-state index in [9.17, 15) is 14.4 Å². The predicted octanol–water partition coefficient (Wildman–Crippen LogP) is 2.91. The van der Waals surface area contributed by atoms with Gasteiger partial charge in [-0.05, 0) is 30.4 Å². The Bertz CT molecular complexity index is 1950. The number of H-pyrrole nitrogens is 1. The maximum Gasteiger partial charge on any atom is 0.407 e. The van der Waals surface area contributed by atoms with Crippen molar-refractivity contribution < 1.29 is 18.7 Å². The maximum absolute atomic E-state index is 15.1.